The minimum Gasteiger partial charge on any atom is -0.307 e. The number of benzene rings is 1. The van der Waals surface area contributed by atoms with Gasteiger partial charge in [0, 0.05) is 17.1 Å². The summed E-state index contributed by atoms with van der Waals surface area (Å²) >= 11 is 5.95. The maximum absolute atomic E-state index is 5.95. The van der Waals surface area contributed by atoms with Crippen molar-refractivity contribution in [3.05, 3.63) is 34.9 Å². The third kappa shape index (κ3) is 2.53. The van der Waals surface area contributed by atoms with E-state index in [2.05, 4.69) is 18.3 Å². The van der Waals surface area contributed by atoms with Crippen LogP contribution in [0.15, 0.2) is 24.3 Å². The maximum Gasteiger partial charge on any atom is 0.0409 e. The molecule has 1 aliphatic carbocycles. The first-order chi connectivity index (χ1) is 7.24. The third-order valence-corrected chi connectivity index (χ3v) is 3.78. The van der Waals surface area contributed by atoms with Crippen LogP contribution in [0.1, 0.15) is 38.2 Å². The first-order valence-corrected chi connectivity index (χ1v) is 6.11. The molecule has 0 bridgehead atoms. The molecule has 1 aromatic rings. The topological polar surface area (TPSA) is 12.0 Å². The Hall–Kier alpha value is -0.530. The van der Waals surface area contributed by atoms with Crippen LogP contribution in [0.25, 0.3) is 0 Å². The van der Waals surface area contributed by atoms with Crippen LogP contribution in [0.5, 0.6) is 0 Å². The molecule has 15 heavy (non-hydrogen) atoms. The predicted octanol–water partition coefficient (Wildman–Crippen LogP) is 3.76. The van der Waals surface area contributed by atoms with Crippen LogP contribution in [0.2, 0.25) is 5.02 Å². The Morgan fingerprint density at radius 2 is 2.20 bits per heavy atom. The molecule has 82 valence electrons. The van der Waals surface area contributed by atoms with Gasteiger partial charge in [0.25, 0.3) is 0 Å². The van der Waals surface area contributed by atoms with Crippen LogP contribution in [-0.2, 0) is 6.54 Å². The van der Waals surface area contributed by atoms with Crippen molar-refractivity contribution < 1.29 is 0 Å². The molecule has 0 spiro atoms. The highest BCUT2D eigenvalue weighted by Gasteiger charge is 2.33. The van der Waals surface area contributed by atoms with Gasteiger partial charge in [0.15, 0.2) is 0 Å². The summed E-state index contributed by atoms with van der Waals surface area (Å²) in [6.07, 6.45) is 5.25. The number of hydrogen-bond donors (Lipinski definition) is 1. The molecule has 0 atom stereocenters. The molecule has 1 saturated carbocycles. The number of halogens is 1. The van der Waals surface area contributed by atoms with Gasteiger partial charge in [-0.05, 0) is 43.4 Å². The van der Waals surface area contributed by atoms with Crippen LogP contribution in [0.4, 0.5) is 0 Å². The first-order valence-electron chi connectivity index (χ1n) is 5.74. The smallest absolute Gasteiger partial charge is 0.0409 e. The van der Waals surface area contributed by atoms with Gasteiger partial charge in [-0.25, -0.2) is 0 Å². The lowest BCUT2D eigenvalue weighted by Crippen LogP contribution is -2.49. The fourth-order valence-electron chi connectivity index (χ4n) is 2.20. The highest BCUT2D eigenvalue weighted by Crippen LogP contribution is 2.34. The first kappa shape index (κ1) is 11.0. The van der Waals surface area contributed by atoms with Crippen LogP contribution < -0.4 is 5.32 Å². The normalized spacial score (nSPS) is 18.5. The summed E-state index contributed by atoms with van der Waals surface area (Å²) in [7, 11) is 0. The fourth-order valence-corrected chi connectivity index (χ4v) is 2.41. The quantitative estimate of drug-likeness (QED) is 0.820. The molecule has 1 aromatic carbocycles. The molecule has 2 rings (SSSR count). The van der Waals surface area contributed by atoms with Crippen LogP contribution in [-0.4, -0.2) is 5.54 Å². The molecule has 1 fully saturated rings. The van der Waals surface area contributed by atoms with Gasteiger partial charge in [-0.1, -0.05) is 30.7 Å². The molecule has 0 unspecified atom stereocenters. The van der Waals surface area contributed by atoms with E-state index in [1.165, 1.54) is 31.2 Å². The molecule has 0 amide bonds. The van der Waals surface area contributed by atoms with Crippen LogP contribution in [0.3, 0.4) is 0 Å². The van der Waals surface area contributed by atoms with Crippen molar-refractivity contribution in [2.45, 2.75) is 44.7 Å². The van der Waals surface area contributed by atoms with Gasteiger partial charge in [-0.15, -0.1) is 0 Å². The molecule has 0 radical (unpaired) electrons. The SMILES string of the molecule is CCC1(NCc2cccc(Cl)c2)CCC1. The largest absolute Gasteiger partial charge is 0.307 e. The fraction of sp³-hybridized carbons (Fsp3) is 0.538. The minimum atomic E-state index is 0.419. The summed E-state index contributed by atoms with van der Waals surface area (Å²) in [6, 6.07) is 8.10. The summed E-state index contributed by atoms with van der Waals surface area (Å²) < 4.78 is 0. The van der Waals surface area contributed by atoms with E-state index in [0.29, 0.717) is 5.54 Å². The summed E-state index contributed by atoms with van der Waals surface area (Å²) in [4.78, 5) is 0. The Kier molecular flexibility index (Phi) is 3.32. The summed E-state index contributed by atoms with van der Waals surface area (Å²) in [5, 5.41) is 4.49. The second-order valence-corrected chi connectivity index (χ2v) is 4.91. The molecule has 0 heterocycles. The molecule has 0 aromatic heterocycles. The van der Waals surface area contributed by atoms with Gasteiger partial charge in [0.05, 0.1) is 0 Å². The predicted molar refractivity (Wildman–Crippen MR) is 65.2 cm³/mol. The second-order valence-electron chi connectivity index (χ2n) is 4.47. The summed E-state index contributed by atoms with van der Waals surface area (Å²) in [6.45, 7) is 3.21. The Balaban J connectivity index is 1.92. The Morgan fingerprint density at radius 1 is 1.40 bits per heavy atom. The van der Waals surface area contributed by atoms with Crippen molar-refractivity contribution in [3.8, 4) is 0 Å². The van der Waals surface area contributed by atoms with E-state index in [-0.39, 0.29) is 0 Å². The van der Waals surface area contributed by atoms with Crippen molar-refractivity contribution in [1.82, 2.24) is 5.32 Å². The van der Waals surface area contributed by atoms with E-state index in [0.717, 1.165) is 11.6 Å². The number of rotatable bonds is 4. The monoisotopic (exact) mass is 223 g/mol. The van der Waals surface area contributed by atoms with E-state index >= 15 is 0 Å². The molecule has 1 nitrogen and oxygen atoms in total. The molecule has 0 aliphatic heterocycles. The molecule has 1 aliphatic rings. The highest BCUT2D eigenvalue weighted by atomic mass is 35.5. The molecule has 0 saturated heterocycles. The Bertz CT molecular complexity index is 326. The highest BCUT2D eigenvalue weighted by molar-refractivity contribution is 6.30. The van der Waals surface area contributed by atoms with Gasteiger partial charge < -0.3 is 5.32 Å². The van der Waals surface area contributed by atoms with E-state index < -0.39 is 0 Å². The summed E-state index contributed by atoms with van der Waals surface area (Å²) in [5.74, 6) is 0. The number of nitrogens with one attached hydrogen (secondary N) is 1. The van der Waals surface area contributed by atoms with Gasteiger partial charge >= 0.3 is 0 Å². The van der Waals surface area contributed by atoms with E-state index in [1.54, 1.807) is 0 Å². The zero-order chi connectivity index (χ0) is 10.7. The zero-order valence-electron chi connectivity index (χ0n) is 9.22. The average molecular weight is 224 g/mol. The van der Waals surface area contributed by atoms with Crippen molar-refractivity contribution in [2.75, 3.05) is 0 Å². The lowest BCUT2D eigenvalue weighted by atomic mass is 9.75. The van der Waals surface area contributed by atoms with Crippen molar-refractivity contribution in [1.29, 1.82) is 0 Å². The molecular formula is C13H18ClN. The van der Waals surface area contributed by atoms with E-state index in [1.807, 2.05) is 18.2 Å². The standard InChI is InChI=1S/C13H18ClN/c1-2-13(7-4-8-13)15-10-11-5-3-6-12(14)9-11/h3,5-6,9,15H,2,4,7-8,10H2,1H3. The van der Waals surface area contributed by atoms with Crippen molar-refractivity contribution in [3.63, 3.8) is 0 Å². The zero-order valence-corrected chi connectivity index (χ0v) is 9.98. The second kappa shape index (κ2) is 4.54. The Morgan fingerprint density at radius 3 is 2.73 bits per heavy atom. The average Bonchev–Trinajstić information content (AvgIpc) is 2.17. The van der Waals surface area contributed by atoms with Gasteiger partial charge in [0.1, 0.15) is 0 Å². The molecule has 2 heteroatoms. The number of hydrogen-bond acceptors (Lipinski definition) is 1. The van der Waals surface area contributed by atoms with Gasteiger partial charge in [-0.2, -0.15) is 0 Å². The Labute approximate surface area is 96.8 Å². The maximum atomic E-state index is 5.95. The lowest BCUT2D eigenvalue weighted by Gasteiger charge is -2.42. The van der Waals surface area contributed by atoms with Crippen molar-refractivity contribution >= 4 is 11.6 Å². The van der Waals surface area contributed by atoms with Gasteiger partial charge in [-0.3, -0.25) is 0 Å². The van der Waals surface area contributed by atoms with Crippen LogP contribution in [0, 0.1) is 0 Å². The van der Waals surface area contributed by atoms with E-state index in [9.17, 15) is 0 Å². The molecule has 1 N–H and O–H groups in total. The minimum absolute atomic E-state index is 0.419. The molecular weight excluding hydrogens is 206 g/mol. The van der Waals surface area contributed by atoms with Crippen molar-refractivity contribution in [2.24, 2.45) is 0 Å². The third-order valence-electron chi connectivity index (χ3n) is 3.54. The van der Waals surface area contributed by atoms with Crippen LogP contribution >= 0.6 is 11.6 Å². The lowest BCUT2D eigenvalue weighted by molar-refractivity contribution is 0.175. The van der Waals surface area contributed by atoms with Gasteiger partial charge in [0.2, 0.25) is 0 Å². The van der Waals surface area contributed by atoms with E-state index in [4.69, 9.17) is 11.6 Å². The summed E-state index contributed by atoms with van der Waals surface area (Å²) in [5.41, 5.74) is 1.70.